The molecule has 0 bridgehead atoms. The molecule has 2 heteroatoms. The Morgan fingerprint density at radius 2 is 1.65 bits per heavy atom. The summed E-state index contributed by atoms with van der Waals surface area (Å²) in [6.07, 6.45) is 5.15. The lowest BCUT2D eigenvalue weighted by Gasteiger charge is -2.19. The van der Waals surface area contributed by atoms with Gasteiger partial charge in [0.05, 0.1) is 0 Å². The fraction of sp³-hybridized carbons (Fsp3) is 0.500. The van der Waals surface area contributed by atoms with Crippen LogP contribution in [-0.4, -0.2) is 13.1 Å². The maximum absolute atomic E-state index is 5.95. The largest absolute Gasteiger partial charge is 0.489 e. The van der Waals surface area contributed by atoms with Crippen LogP contribution in [-0.2, 0) is 18.4 Å². The zero-order valence-corrected chi connectivity index (χ0v) is 16.6. The third kappa shape index (κ3) is 5.60. The number of hydrogen-bond donors (Lipinski definition) is 1. The van der Waals surface area contributed by atoms with Crippen LogP contribution in [0.4, 0.5) is 0 Å². The maximum Gasteiger partial charge on any atom is 0.119 e. The molecule has 3 rings (SSSR count). The van der Waals surface area contributed by atoms with Gasteiger partial charge in [0.2, 0.25) is 0 Å². The Kier molecular flexibility index (Phi) is 6.37. The van der Waals surface area contributed by atoms with Gasteiger partial charge in [0.25, 0.3) is 0 Å². The van der Waals surface area contributed by atoms with Gasteiger partial charge < -0.3 is 10.1 Å². The summed E-state index contributed by atoms with van der Waals surface area (Å²) in [5.41, 5.74) is 4.19. The summed E-state index contributed by atoms with van der Waals surface area (Å²) in [4.78, 5) is 0. The van der Waals surface area contributed by atoms with Gasteiger partial charge >= 0.3 is 0 Å². The predicted octanol–water partition coefficient (Wildman–Crippen LogP) is 5.50. The zero-order valence-electron chi connectivity index (χ0n) is 16.6. The molecule has 0 saturated carbocycles. The average Bonchev–Trinajstić information content (AvgIpc) is 3.14. The Labute approximate surface area is 159 Å². The second-order valence-electron chi connectivity index (χ2n) is 8.63. The van der Waals surface area contributed by atoms with Gasteiger partial charge in [0.15, 0.2) is 0 Å². The first-order valence-corrected chi connectivity index (χ1v) is 10.0. The van der Waals surface area contributed by atoms with E-state index < -0.39 is 0 Å². The molecule has 1 saturated heterocycles. The van der Waals surface area contributed by atoms with Gasteiger partial charge in [-0.05, 0) is 78.9 Å². The van der Waals surface area contributed by atoms with Crippen LogP contribution in [0.5, 0.6) is 5.75 Å². The van der Waals surface area contributed by atoms with Crippen LogP contribution in [0.2, 0.25) is 0 Å². The van der Waals surface area contributed by atoms with Crippen LogP contribution in [0, 0.1) is 5.92 Å². The summed E-state index contributed by atoms with van der Waals surface area (Å²) >= 11 is 0. The number of ether oxygens (including phenoxy) is 1. The molecule has 0 radical (unpaired) electrons. The van der Waals surface area contributed by atoms with Crippen molar-refractivity contribution in [3.05, 3.63) is 65.2 Å². The molecule has 0 amide bonds. The van der Waals surface area contributed by atoms with Crippen molar-refractivity contribution in [1.29, 1.82) is 0 Å². The number of benzene rings is 2. The molecule has 1 aliphatic rings. The highest BCUT2D eigenvalue weighted by molar-refractivity contribution is 5.29. The molecule has 0 aromatic heterocycles. The van der Waals surface area contributed by atoms with Crippen molar-refractivity contribution in [3.8, 4) is 5.75 Å². The molecule has 2 aromatic rings. The maximum atomic E-state index is 5.95. The minimum Gasteiger partial charge on any atom is -0.489 e. The van der Waals surface area contributed by atoms with Gasteiger partial charge in [0.1, 0.15) is 12.4 Å². The summed E-state index contributed by atoms with van der Waals surface area (Å²) in [5.74, 6) is 1.84. The SMILES string of the molecule is CC(C)(C)c1ccc(COc2ccc(CCCC3CCNC3)cc2)cc1. The summed E-state index contributed by atoms with van der Waals surface area (Å²) < 4.78 is 5.95. The Bertz CT molecular complexity index is 661. The van der Waals surface area contributed by atoms with Crippen molar-refractivity contribution in [1.82, 2.24) is 5.32 Å². The molecule has 1 fully saturated rings. The smallest absolute Gasteiger partial charge is 0.119 e. The molecular formula is C24H33NO. The normalized spacial score (nSPS) is 17.4. The number of rotatable bonds is 7. The molecule has 2 aromatic carbocycles. The fourth-order valence-corrected chi connectivity index (χ4v) is 3.58. The number of hydrogen-bond acceptors (Lipinski definition) is 2. The van der Waals surface area contributed by atoms with E-state index in [1.165, 1.54) is 55.5 Å². The van der Waals surface area contributed by atoms with Gasteiger partial charge in [-0.25, -0.2) is 0 Å². The molecule has 26 heavy (non-hydrogen) atoms. The molecule has 1 N–H and O–H groups in total. The number of nitrogens with one attached hydrogen (secondary N) is 1. The molecule has 1 atom stereocenters. The average molecular weight is 352 g/mol. The van der Waals surface area contributed by atoms with E-state index in [1.54, 1.807) is 0 Å². The van der Waals surface area contributed by atoms with Gasteiger partial charge in [0, 0.05) is 0 Å². The quantitative estimate of drug-likeness (QED) is 0.711. The van der Waals surface area contributed by atoms with Gasteiger partial charge in [-0.15, -0.1) is 0 Å². The fourth-order valence-electron chi connectivity index (χ4n) is 3.58. The third-order valence-electron chi connectivity index (χ3n) is 5.39. The number of aryl methyl sites for hydroxylation is 1. The Morgan fingerprint density at radius 3 is 2.27 bits per heavy atom. The Balaban J connectivity index is 1.43. The van der Waals surface area contributed by atoms with Crippen molar-refractivity contribution in [2.24, 2.45) is 5.92 Å². The molecule has 140 valence electrons. The zero-order chi connectivity index (χ0) is 18.4. The highest BCUT2D eigenvalue weighted by atomic mass is 16.5. The first kappa shape index (κ1) is 19.0. The van der Waals surface area contributed by atoms with Crippen LogP contribution in [0.3, 0.4) is 0 Å². The lowest BCUT2D eigenvalue weighted by atomic mass is 9.87. The van der Waals surface area contributed by atoms with E-state index in [0.717, 1.165) is 11.7 Å². The predicted molar refractivity (Wildman–Crippen MR) is 110 cm³/mol. The van der Waals surface area contributed by atoms with E-state index in [4.69, 9.17) is 4.74 Å². The van der Waals surface area contributed by atoms with E-state index in [2.05, 4.69) is 74.6 Å². The van der Waals surface area contributed by atoms with E-state index in [-0.39, 0.29) is 5.41 Å². The lowest BCUT2D eigenvalue weighted by Crippen LogP contribution is -2.10. The van der Waals surface area contributed by atoms with Crippen LogP contribution < -0.4 is 10.1 Å². The molecule has 2 nitrogen and oxygen atoms in total. The van der Waals surface area contributed by atoms with Crippen LogP contribution in [0.25, 0.3) is 0 Å². The topological polar surface area (TPSA) is 21.3 Å². The van der Waals surface area contributed by atoms with Crippen molar-refractivity contribution >= 4 is 0 Å². The first-order valence-electron chi connectivity index (χ1n) is 10.0. The molecule has 0 spiro atoms. The van der Waals surface area contributed by atoms with Crippen LogP contribution in [0.1, 0.15) is 56.7 Å². The lowest BCUT2D eigenvalue weighted by molar-refractivity contribution is 0.306. The van der Waals surface area contributed by atoms with Crippen molar-refractivity contribution in [2.75, 3.05) is 13.1 Å². The second-order valence-corrected chi connectivity index (χ2v) is 8.63. The summed E-state index contributed by atoms with van der Waals surface area (Å²) in [6.45, 7) is 9.76. The van der Waals surface area contributed by atoms with Crippen LogP contribution >= 0.6 is 0 Å². The third-order valence-corrected chi connectivity index (χ3v) is 5.39. The van der Waals surface area contributed by atoms with Gasteiger partial charge in [-0.3, -0.25) is 0 Å². The monoisotopic (exact) mass is 351 g/mol. The second kappa shape index (κ2) is 8.73. The van der Waals surface area contributed by atoms with E-state index in [1.807, 2.05) is 0 Å². The van der Waals surface area contributed by atoms with Gasteiger partial charge in [-0.1, -0.05) is 57.2 Å². The molecule has 1 heterocycles. The van der Waals surface area contributed by atoms with E-state index in [0.29, 0.717) is 6.61 Å². The molecule has 0 aliphatic carbocycles. The van der Waals surface area contributed by atoms with Crippen molar-refractivity contribution in [3.63, 3.8) is 0 Å². The summed E-state index contributed by atoms with van der Waals surface area (Å²) in [5, 5.41) is 3.45. The Morgan fingerprint density at radius 1 is 0.962 bits per heavy atom. The van der Waals surface area contributed by atoms with Crippen molar-refractivity contribution in [2.45, 2.75) is 58.5 Å². The summed E-state index contributed by atoms with van der Waals surface area (Å²) in [6, 6.07) is 17.4. The van der Waals surface area contributed by atoms with Gasteiger partial charge in [-0.2, -0.15) is 0 Å². The highest BCUT2D eigenvalue weighted by Crippen LogP contribution is 2.23. The minimum absolute atomic E-state index is 0.198. The van der Waals surface area contributed by atoms with E-state index in [9.17, 15) is 0 Å². The first-order chi connectivity index (χ1) is 12.5. The van der Waals surface area contributed by atoms with Crippen molar-refractivity contribution < 1.29 is 4.74 Å². The minimum atomic E-state index is 0.198. The van der Waals surface area contributed by atoms with E-state index >= 15 is 0 Å². The highest BCUT2D eigenvalue weighted by Gasteiger charge is 2.14. The standard InChI is InChI=1S/C24H33NO/c1-24(2,3)22-11-7-21(8-12-22)18-26-23-13-9-19(10-14-23)5-4-6-20-15-16-25-17-20/h7-14,20,25H,4-6,15-18H2,1-3H3. The molecule has 1 unspecified atom stereocenters. The molecular weight excluding hydrogens is 318 g/mol. The Hall–Kier alpha value is -1.80. The molecule has 1 aliphatic heterocycles. The van der Waals surface area contributed by atoms with Crippen LogP contribution in [0.15, 0.2) is 48.5 Å². The summed E-state index contributed by atoms with van der Waals surface area (Å²) in [7, 11) is 0.